The average molecular weight is 261 g/mol. The molecular formula is C15H23N3O. The van der Waals surface area contributed by atoms with Crippen LogP contribution in [0.1, 0.15) is 12.0 Å². The zero-order valence-electron chi connectivity index (χ0n) is 11.9. The summed E-state index contributed by atoms with van der Waals surface area (Å²) in [5.74, 6) is 0.145. The Hall–Kier alpha value is -1.55. The number of hydrogen-bond donors (Lipinski definition) is 1. The number of likely N-dealkylation sites (N-methyl/N-ethyl adjacent to an activating group) is 1. The molecule has 1 aliphatic heterocycles. The van der Waals surface area contributed by atoms with Crippen LogP contribution in [0.25, 0.3) is 0 Å². The van der Waals surface area contributed by atoms with Crippen molar-refractivity contribution < 1.29 is 4.79 Å². The van der Waals surface area contributed by atoms with E-state index in [1.807, 2.05) is 14.1 Å². The van der Waals surface area contributed by atoms with Crippen molar-refractivity contribution in [3.63, 3.8) is 0 Å². The van der Waals surface area contributed by atoms with Gasteiger partial charge in [-0.25, -0.2) is 0 Å². The van der Waals surface area contributed by atoms with E-state index in [4.69, 9.17) is 0 Å². The Kier molecular flexibility index (Phi) is 4.80. The molecule has 0 radical (unpaired) electrons. The number of hydrogen-bond acceptors (Lipinski definition) is 3. The highest BCUT2D eigenvalue weighted by Gasteiger charge is 2.18. The molecule has 1 aliphatic rings. The highest BCUT2D eigenvalue weighted by molar-refractivity contribution is 5.76. The zero-order chi connectivity index (χ0) is 13.7. The summed E-state index contributed by atoms with van der Waals surface area (Å²) in [5, 5.41) is 2.95. The molecule has 2 rings (SSSR count). The summed E-state index contributed by atoms with van der Waals surface area (Å²) in [6, 6.07) is 8.46. The van der Waals surface area contributed by atoms with Crippen molar-refractivity contribution in [2.24, 2.45) is 0 Å². The molecule has 1 aromatic carbocycles. The Morgan fingerprint density at radius 2 is 2.16 bits per heavy atom. The number of nitrogens with zero attached hydrogens (tertiary/aromatic N) is 2. The number of rotatable bonds is 6. The molecule has 1 heterocycles. The zero-order valence-corrected chi connectivity index (χ0v) is 11.9. The fourth-order valence-electron chi connectivity index (χ4n) is 2.38. The predicted octanol–water partition coefficient (Wildman–Crippen LogP) is 1.12. The number of benzene rings is 1. The van der Waals surface area contributed by atoms with Gasteiger partial charge in [-0.15, -0.1) is 0 Å². The molecule has 0 saturated heterocycles. The fraction of sp³-hybridized carbons (Fsp3) is 0.533. The first-order chi connectivity index (χ1) is 9.16. The van der Waals surface area contributed by atoms with Gasteiger partial charge in [0.25, 0.3) is 0 Å². The van der Waals surface area contributed by atoms with Crippen LogP contribution < -0.4 is 10.2 Å². The van der Waals surface area contributed by atoms with Gasteiger partial charge in [-0.05, 0) is 32.1 Å². The highest BCUT2D eigenvalue weighted by Crippen LogP contribution is 2.27. The van der Waals surface area contributed by atoms with Gasteiger partial charge >= 0.3 is 0 Å². The molecular weight excluding hydrogens is 238 g/mol. The maximum Gasteiger partial charge on any atom is 0.221 e. The molecule has 4 heteroatoms. The lowest BCUT2D eigenvalue weighted by Crippen LogP contribution is -2.34. The van der Waals surface area contributed by atoms with Crippen molar-refractivity contribution in [1.29, 1.82) is 0 Å². The van der Waals surface area contributed by atoms with Crippen LogP contribution in [0.15, 0.2) is 24.3 Å². The Balaban J connectivity index is 1.73. The smallest absolute Gasteiger partial charge is 0.221 e. The van der Waals surface area contributed by atoms with Gasteiger partial charge in [0.2, 0.25) is 5.91 Å². The molecule has 1 N–H and O–H groups in total. The van der Waals surface area contributed by atoms with Crippen LogP contribution in [-0.2, 0) is 11.2 Å². The van der Waals surface area contributed by atoms with Crippen molar-refractivity contribution in [2.45, 2.75) is 12.8 Å². The van der Waals surface area contributed by atoms with Gasteiger partial charge in [0.05, 0.1) is 0 Å². The molecule has 0 unspecified atom stereocenters. The van der Waals surface area contributed by atoms with Crippen LogP contribution in [0.5, 0.6) is 0 Å². The van der Waals surface area contributed by atoms with Gasteiger partial charge in [-0.1, -0.05) is 18.2 Å². The lowest BCUT2D eigenvalue weighted by Gasteiger charge is -2.19. The molecule has 0 saturated carbocycles. The molecule has 0 atom stereocenters. The quantitative estimate of drug-likeness (QED) is 0.833. The van der Waals surface area contributed by atoms with E-state index in [1.165, 1.54) is 11.3 Å². The SMILES string of the molecule is CN(C)CCNC(=O)CCN1CCc2ccccc21. The van der Waals surface area contributed by atoms with E-state index in [1.54, 1.807) is 0 Å². The summed E-state index contributed by atoms with van der Waals surface area (Å²) in [4.78, 5) is 16.1. The molecule has 0 aliphatic carbocycles. The largest absolute Gasteiger partial charge is 0.370 e. The third kappa shape index (κ3) is 3.96. The van der Waals surface area contributed by atoms with E-state index in [9.17, 15) is 4.79 Å². The summed E-state index contributed by atoms with van der Waals surface area (Å²) >= 11 is 0. The molecule has 19 heavy (non-hydrogen) atoms. The van der Waals surface area contributed by atoms with Crippen LogP contribution in [0.4, 0.5) is 5.69 Å². The predicted molar refractivity (Wildman–Crippen MR) is 78.5 cm³/mol. The Labute approximate surface area is 115 Å². The van der Waals surface area contributed by atoms with Gasteiger partial charge in [0.15, 0.2) is 0 Å². The molecule has 104 valence electrons. The van der Waals surface area contributed by atoms with Crippen molar-refractivity contribution in [3.8, 4) is 0 Å². The molecule has 4 nitrogen and oxygen atoms in total. The van der Waals surface area contributed by atoms with Gasteiger partial charge in [-0.3, -0.25) is 4.79 Å². The second-order valence-corrected chi connectivity index (χ2v) is 5.27. The third-order valence-corrected chi connectivity index (χ3v) is 3.47. The van der Waals surface area contributed by atoms with Crippen LogP contribution in [0, 0.1) is 0 Å². The topological polar surface area (TPSA) is 35.6 Å². The van der Waals surface area contributed by atoms with E-state index in [0.717, 1.165) is 32.6 Å². The van der Waals surface area contributed by atoms with E-state index < -0.39 is 0 Å². The number of carbonyl (C=O) groups excluding carboxylic acids is 1. The minimum absolute atomic E-state index is 0.145. The second-order valence-electron chi connectivity index (χ2n) is 5.27. The number of para-hydroxylation sites is 1. The summed E-state index contributed by atoms with van der Waals surface area (Å²) in [5.41, 5.74) is 2.69. The minimum atomic E-state index is 0.145. The number of fused-ring (bicyclic) bond motifs is 1. The Morgan fingerprint density at radius 1 is 1.37 bits per heavy atom. The first-order valence-corrected chi connectivity index (χ1v) is 6.91. The van der Waals surface area contributed by atoms with E-state index in [0.29, 0.717) is 6.42 Å². The van der Waals surface area contributed by atoms with E-state index in [2.05, 4.69) is 39.4 Å². The minimum Gasteiger partial charge on any atom is -0.370 e. The van der Waals surface area contributed by atoms with Gasteiger partial charge in [0.1, 0.15) is 0 Å². The Bertz CT molecular complexity index is 431. The third-order valence-electron chi connectivity index (χ3n) is 3.47. The maximum atomic E-state index is 11.7. The maximum absolute atomic E-state index is 11.7. The molecule has 0 bridgehead atoms. The highest BCUT2D eigenvalue weighted by atomic mass is 16.1. The van der Waals surface area contributed by atoms with E-state index in [-0.39, 0.29) is 5.91 Å². The summed E-state index contributed by atoms with van der Waals surface area (Å²) in [6.45, 7) is 3.45. The van der Waals surface area contributed by atoms with Crippen molar-refractivity contribution in [1.82, 2.24) is 10.2 Å². The molecule has 0 spiro atoms. The normalized spacial score (nSPS) is 13.7. The van der Waals surface area contributed by atoms with Crippen molar-refractivity contribution in [3.05, 3.63) is 29.8 Å². The fourth-order valence-corrected chi connectivity index (χ4v) is 2.38. The van der Waals surface area contributed by atoms with Crippen LogP contribution in [0.2, 0.25) is 0 Å². The molecule has 0 fully saturated rings. The van der Waals surface area contributed by atoms with Crippen molar-refractivity contribution >= 4 is 11.6 Å². The van der Waals surface area contributed by atoms with E-state index >= 15 is 0 Å². The number of anilines is 1. The standard InChI is InChI=1S/C15H23N3O/c1-17(2)12-9-16-15(19)8-11-18-10-7-13-5-3-4-6-14(13)18/h3-6H,7-12H2,1-2H3,(H,16,19). The Morgan fingerprint density at radius 3 is 2.95 bits per heavy atom. The molecule has 1 amide bonds. The monoisotopic (exact) mass is 261 g/mol. The van der Waals surface area contributed by atoms with Crippen LogP contribution >= 0.6 is 0 Å². The number of carbonyl (C=O) groups is 1. The number of amides is 1. The lowest BCUT2D eigenvalue weighted by atomic mass is 10.2. The summed E-state index contributed by atoms with van der Waals surface area (Å²) in [7, 11) is 4.01. The average Bonchev–Trinajstić information content (AvgIpc) is 2.79. The first-order valence-electron chi connectivity index (χ1n) is 6.91. The van der Waals surface area contributed by atoms with Gasteiger partial charge in [-0.2, -0.15) is 0 Å². The number of nitrogens with one attached hydrogen (secondary N) is 1. The van der Waals surface area contributed by atoms with Crippen LogP contribution in [0.3, 0.4) is 0 Å². The first kappa shape index (κ1) is 13.9. The van der Waals surface area contributed by atoms with Crippen molar-refractivity contribution in [2.75, 3.05) is 45.2 Å². The van der Waals surface area contributed by atoms with Gasteiger partial charge < -0.3 is 15.1 Å². The lowest BCUT2D eigenvalue weighted by molar-refractivity contribution is -0.120. The summed E-state index contributed by atoms with van der Waals surface area (Å²) in [6.07, 6.45) is 1.67. The van der Waals surface area contributed by atoms with Gasteiger partial charge in [0, 0.05) is 38.3 Å². The second kappa shape index (κ2) is 6.57. The molecule has 0 aromatic heterocycles. The summed E-state index contributed by atoms with van der Waals surface area (Å²) < 4.78 is 0. The molecule has 1 aromatic rings. The van der Waals surface area contributed by atoms with Crippen LogP contribution in [-0.4, -0.2) is 51.1 Å².